The Balaban J connectivity index is 2.53. The van der Waals surface area contributed by atoms with E-state index in [1.165, 1.54) is 4.90 Å². The molecule has 1 heterocycles. The quantitative estimate of drug-likeness (QED) is 0.768. The molecule has 0 spiro atoms. The summed E-state index contributed by atoms with van der Waals surface area (Å²) in [5.74, 6) is -0.767. The van der Waals surface area contributed by atoms with Crippen LogP contribution in [-0.4, -0.2) is 60.6 Å². The Hall–Kier alpha value is -1.31. The summed E-state index contributed by atoms with van der Waals surface area (Å²) in [7, 11) is -2.95. The molecule has 1 saturated heterocycles. The van der Waals surface area contributed by atoms with Crippen LogP contribution < -0.4 is 5.32 Å². The highest BCUT2D eigenvalue weighted by atomic mass is 32.2. The van der Waals surface area contributed by atoms with Crippen molar-refractivity contribution in [1.29, 1.82) is 0 Å². The number of sulfone groups is 1. The van der Waals surface area contributed by atoms with Gasteiger partial charge in [-0.1, -0.05) is 0 Å². The molecule has 0 radical (unpaired) electrons. The highest BCUT2D eigenvalue weighted by Gasteiger charge is 2.27. The van der Waals surface area contributed by atoms with Crippen molar-refractivity contribution in [2.45, 2.75) is 45.2 Å². The van der Waals surface area contributed by atoms with Gasteiger partial charge in [0.1, 0.15) is 9.84 Å². The second-order valence-electron chi connectivity index (χ2n) is 5.11. The van der Waals surface area contributed by atoms with E-state index in [0.29, 0.717) is 19.4 Å². The van der Waals surface area contributed by atoms with Gasteiger partial charge in [0.15, 0.2) is 0 Å². The summed E-state index contributed by atoms with van der Waals surface area (Å²) in [5.41, 5.74) is 0. The van der Waals surface area contributed by atoms with Gasteiger partial charge in [0.25, 0.3) is 0 Å². The zero-order valence-electron chi connectivity index (χ0n) is 11.8. The lowest BCUT2D eigenvalue weighted by Crippen LogP contribution is -2.50. The van der Waals surface area contributed by atoms with Crippen molar-refractivity contribution < 1.29 is 23.1 Å². The number of rotatable bonds is 5. The Morgan fingerprint density at radius 3 is 2.35 bits per heavy atom. The molecular weight excluding hydrogens is 284 g/mol. The second-order valence-corrected chi connectivity index (χ2v) is 7.41. The van der Waals surface area contributed by atoms with Crippen molar-refractivity contribution in [1.82, 2.24) is 10.2 Å². The van der Waals surface area contributed by atoms with Crippen molar-refractivity contribution in [2.24, 2.45) is 0 Å². The van der Waals surface area contributed by atoms with Crippen molar-refractivity contribution in [3.8, 4) is 0 Å². The lowest BCUT2D eigenvalue weighted by atomic mass is 10.1. The van der Waals surface area contributed by atoms with E-state index >= 15 is 0 Å². The van der Waals surface area contributed by atoms with Crippen LogP contribution in [0.15, 0.2) is 0 Å². The molecule has 1 rings (SSSR count). The summed E-state index contributed by atoms with van der Waals surface area (Å²) in [6, 6.07) is -0.882. The lowest BCUT2D eigenvalue weighted by Gasteiger charge is -2.31. The maximum atomic E-state index is 12.1. The normalized spacial score (nSPS) is 20.1. The molecule has 1 aliphatic heterocycles. The molecule has 7 nitrogen and oxygen atoms in total. The SMILES string of the molecule is CCN(C(=O)NC1CCS(=O)(=O)CC1)C(C)CC(=O)O. The highest BCUT2D eigenvalue weighted by molar-refractivity contribution is 7.91. The van der Waals surface area contributed by atoms with Crippen LogP contribution in [0.2, 0.25) is 0 Å². The van der Waals surface area contributed by atoms with Gasteiger partial charge in [-0.3, -0.25) is 4.79 Å². The number of carboxylic acid groups (broad SMARTS) is 1. The number of carbonyl (C=O) groups is 2. The molecule has 2 amide bonds. The van der Waals surface area contributed by atoms with Gasteiger partial charge in [-0.2, -0.15) is 0 Å². The predicted octanol–water partition coefficient (Wildman–Crippen LogP) is 0.458. The van der Waals surface area contributed by atoms with E-state index in [4.69, 9.17) is 5.11 Å². The number of nitrogens with zero attached hydrogens (tertiary/aromatic N) is 1. The Bertz CT molecular complexity index is 448. The van der Waals surface area contributed by atoms with Crippen LogP contribution in [0.1, 0.15) is 33.1 Å². The molecule has 1 atom stereocenters. The monoisotopic (exact) mass is 306 g/mol. The first-order valence-electron chi connectivity index (χ1n) is 6.74. The van der Waals surface area contributed by atoms with E-state index in [0.717, 1.165) is 0 Å². The number of carboxylic acids is 1. The lowest BCUT2D eigenvalue weighted by molar-refractivity contribution is -0.138. The first kappa shape index (κ1) is 16.7. The minimum Gasteiger partial charge on any atom is -0.481 e. The molecule has 0 bridgehead atoms. The molecule has 0 aliphatic carbocycles. The fourth-order valence-corrected chi connectivity index (χ4v) is 3.80. The number of urea groups is 1. The van der Waals surface area contributed by atoms with E-state index in [-0.39, 0.29) is 30.0 Å². The number of amides is 2. The van der Waals surface area contributed by atoms with E-state index < -0.39 is 21.8 Å². The van der Waals surface area contributed by atoms with Crippen LogP contribution in [0.4, 0.5) is 4.79 Å². The predicted molar refractivity (Wildman–Crippen MR) is 74.3 cm³/mol. The molecule has 0 aromatic carbocycles. The van der Waals surface area contributed by atoms with Crippen molar-refractivity contribution in [2.75, 3.05) is 18.1 Å². The molecular formula is C12H22N2O5S. The number of hydrogen-bond donors (Lipinski definition) is 2. The third kappa shape index (κ3) is 4.99. The van der Waals surface area contributed by atoms with Gasteiger partial charge in [-0.15, -0.1) is 0 Å². The molecule has 8 heteroatoms. The van der Waals surface area contributed by atoms with Gasteiger partial charge in [0.2, 0.25) is 0 Å². The van der Waals surface area contributed by atoms with Crippen molar-refractivity contribution in [3.63, 3.8) is 0 Å². The zero-order chi connectivity index (χ0) is 15.3. The van der Waals surface area contributed by atoms with Crippen LogP contribution in [0.3, 0.4) is 0 Å². The minimum atomic E-state index is -2.95. The first-order valence-corrected chi connectivity index (χ1v) is 8.56. The Labute approximate surface area is 119 Å². The molecule has 0 saturated carbocycles. The van der Waals surface area contributed by atoms with Crippen LogP contribution in [0.5, 0.6) is 0 Å². The third-order valence-corrected chi connectivity index (χ3v) is 5.20. The van der Waals surface area contributed by atoms with Gasteiger partial charge in [-0.25, -0.2) is 13.2 Å². The summed E-state index contributed by atoms with van der Waals surface area (Å²) >= 11 is 0. The second kappa shape index (κ2) is 6.92. The number of nitrogens with one attached hydrogen (secondary N) is 1. The van der Waals surface area contributed by atoms with Crippen LogP contribution in [0.25, 0.3) is 0 Å². The summed E-state index contributed by atoms with van der Waals surface area (Å²) in [4.78, 5) is 24.2. The topological polar surface area (TPSA) is 104 Å². The molecule has 20 heavy (non-hydrogen) atoms. The van der Waals surface area contributed by atoms with Crippen molar-refractivity contribution in [3.05, 3.63) is 0 Å². The molecule has 1 unspecified atom stereocenters. The smallest absolute Gasteiger partial charge is 0.317 e. The summed E-state index contributed by atoms with van der Waals surface area (Å²) in [5, 5.41) is 11.6. The molecule has 2 N–H and O–H groups in total. The highest BCUT2D eigenvalue weighted by Crippen LogP contribution is 2.13. The van der Waals surface area contributed by atoms with Gasteiger partial charge in [0.05, 0.1) is 17.9 Å². The Kier molecular flexibility index (Phi) is 5.79. The van der Waals surface area contributed by atoms with Crippen LogP contribution in [-0.2, 0) is 14.6 Å². The largest absolute Gasteiger partial charge is 0.481 e. The molecule has 1 fully saturated rings. The van der Waals surface area contributed by atoms with Gasteiger partial charge >= 0.3 is 12.0 Å². The summed E-state index contributed by atoms with van der Waals surface area (Å²) < 4.78 is 22.6. The van der Waals surface area contributed by atoms with E-state index in [1.54, 1.807) is 13.8 Å². The van der Waals surface area contributed by atoms with Gasteiger partial charge in [0, 0.05) is 18.6 Å². The maximum absolute atomic E-state index is 12.1. The number of carbonyl (C=O) groups excluding carboxylic acids is 1. The fraction of sp³-hybridized carbons (Fsp3) is 0.833. The van der Waals surface area contributed by atoms with Gasteiger partial charge < -0.3 is 15.3 Å². The zero-order valence-corrected chi connectivity index (χ0v) is 12.6. The average molecular weight is 306 g/mol. The first-order chi connectivity index (χ1) is 9.25. The van der Waals surface area contributed by atoms with E-state index in [2.05, 4.69) is 5.32 Å². The van der Waals surface area contributed by atoms with Crippen molar-refractivity contribution >= 4 is 21.8 Å². The summed E-state index contributed by atoms with van der Waals surface area (Å²) in [6.07, 6.45) is 0.720. The minimum absolute atomic E-state index is 0.0920. The summed E-state index contributed by atoms with van der Waals surface area (Å²) in [6.45, 7) is 3.87. The number of aliphatic carboxylic acids is 1. The fourth-order valence-electron chi connectivity index (χ4n) is 2.31. The van der Waals surface area contributed by atoms with E-state index in [1.807, 2.05) is 0 Å². The Morgan fingerprint density at radius 1 is 1.35 bits per heavy atom. The molecule has 1 aliphatic rings. The Morgan fingerprint density at radius 2 is 1.90 bits per heavy atom. The average Bonchev–Trinajstić information content (AvgIpc) is 2.32. The van der Waals surface area contributed by atoms with E-state index in [9.17, 15) is 18.0 Å². The molecule has 116 valence electrons. The third-order valence-electron chi connectivity index (χ3n) is 3.49. The molecule has 0 aromatic heterocycles. The van der Waals surface area contributed by atoms with Gasteiger partial charge in [-0.05, 0) is 26.7 Å². The maximum Gasteiger partial charge on any atom is 0.317 e. The molecule has 0 aromatic rings. The standard InChI is InChI=1S/C12H22N2O5S/c1-3-14(9(2)8-11(15)16)12(17)13-10-4-6-20(18,19)7-5-10/h9-10H,3-8H2,1-2H3,(H,13,17)(H,15,16). The number of hydrogen-bond acceptors (Lipinski definition) is 4. The van der Waals surface area contributed by atoms with Crippen LogP contribution >= 0.6 is 0 Å². The van der Waals surface area contributed by atoms with Crippen LogP contribution in [0, 0.1) is 0 Å².